The van der Waals surface area contributed by atoms with E-state index in [9.17, 15) is 5.11 Å². The zero-order valence-electron chi connectivity index (χ0n) is 33.5. The van der Waals surface area contributed by atoms with Crippen LogP contribution >= 0.6 is 0 Å². The molecule has 54 heavy (non-hydrogen) atoms. The van der Waals surface area contributed by atoms with Crippen molar-refractivity contribution in [2.24, 2.45) is 11.8 Å². The number of Topliss-reactive ketones (excluding diaryl/α,β-unsaturated/α-hetero) is 2. The molecule has 2 heterocycles. The van der Waals surface area contributed by atoms with Gasteiger partial charge in [-0.25, -0.2) is 0 Å². The SMILES string of the molecule is COc1cc(CCCN2CCCC2)c(C)c2c1C[C@H]1C[C@H]3[C@H](N(C)C)c4onc(OCc5ccccc5)c4C(=O)[C@@]3(O[Si](C)(C)C(C)(C)C)C(O)=C1C2=O. The average molecular weight is 756 g/mol. The summed E-state index contributed by atoms with van der Waals surface area (Å²) in [7, 11) is 2.71. The van der Waals surface area contributed by atoms with Crippen LogP contribution in [-0.2, 0) is 23.9 Å². The Morgan fingerprint density at radius 1 is 1.09 bits per heavy atom. The zero-order chi connectivity index (χ0) is 38.7. The van der Waals surface area contributed by atoms with Gasteiger partial charge in [0, 0.05) is 22.6 Å². The molecule has 4 atom stereocenters. The summed E-state index contributed by atoms with van der Waals surface area (Å²) in [5.74, 6) is -0.805. The molecule has 0 spiro atoms. The third-order valence-electron chi connectivity index (χ3n) is 13.0. The van der Waals surface area contributed by atoms with Gasteiger partial charge in [0.15, 0.2) is 25.5 Å². The van der Waals surface area contributed by atoms with E-state index in [-0.39, 0.29) is 46.1 Å². The van der Waals surface area contributed by atoms with Crippen molar-refractivity contribution in [2.75, 3.05) is 40.8 Å². The first-order chi connectivity index (χ1) is 25.6. The van der Waals surface area contributed by atoms with Crippen molar-refractivity contribution in [1.82, 2.24) is 15.0 Å². The third kappa shape index (κ3) is 6.34. The highest BCUT2D eigenvalue weighted by Gasteiger charge is 2.67. The van der Waals surface area contributed by atoms with Crippen molar-refractivity contribution in [2.45, 2.75) is 103 Å². The first-order valence-electron chi connectivity index (χ1n) is 19.6. The number of aromatic nitrogens is 1. The number of nitrogens with zero attached hydrogens (tertiary/aromatic N) is 3. The van der Waals surface area contributed by atoms with Crippen LogP contribution in [0.1, 0.15) is 101 Å². The number of aryl methyl sites for hydroxylation is 1. The van der Waals surface area contributed by atoms with E-state index in [0.29, 0.717) is 29.9 Å². The number of rotatable bonds is 11. The molecule has 11 heteroatoms. The summed E-state index contributed by atoms with van der Waals surface area (Å²) in [6, 6.07) is 11.3. The number of carbonyl (C=O) groups excluding carboxylic acids is 2. The second kappa shape index (κ2) is 14.4. The lowest BCUT2D eigenvalue weighted by Gasteiger charge is -2.55. The maximum absolute atomic E-state index is 15.5. The summed E-state index contributed by atoms with van der Waals surface area (Å²) in [5, 5.41) is 16.9. The van der Waals surface area contributed by atoms with Crippen LogP contribution in [0.2, 0.25) is 18.1 Å². The number of allylic oxidation sites excluding steroid dienone is 1. The van der Waals surface area contributed by atoms with E-state index in [1.807, 2.05) is 56.3 Å². The Kier molecular flexibility index (Phi) is 10.3. The lowest BCUT2D eigenvalue weighted by molar-refractivity contribution is -0.0480. The molecule has 1 saturated heterocycles. The van der Waals surface area contributed by atoms with Gasteiger partial charge in [0.05, 0.1) is 13.2 Å². The molecule has 7 rings (SSSR count). The summed E-state index contributed by atoms with van der Waals surface area (Å²) in [5.41, 5.74) is 2.92. The summed E-state index contributed by atoms with van der Waals surface area (Å²) in [6.07, 6.45) is 5.20. The maximum Gasteiger partial charge on any atom is 0.265 e. The molecule has 1 N–H and O–H groups in total. The van der Waals surface area contributed by atoms with Gasteiger partial charge < -0.3 is 28.4 Å². The molecule has 10 nitrogen and oxygen atoms in total. The van der Waals surface area contributed by atoms with Gasteiger partial charge in [0.25, 0.3) is 5.88 Å². The molecule has 0 saturated carbocycles. The van der Waals surface area contributed by atoms with Crippen molar-refractivity contribution >= 4 is 19.9 Å². The number of likely N-dealkylation sites (tertiary alicyclic amines) is 1. The number of methoxy groups -OCH3 is 1. The van der Waals surface area contributed by atoms with Gasteiger partial charge in [-0.15, -0.1) is 0 Å². The van der Waals surface area contributed by atoms with Crippen molar-refractivity contribution in [3.8, 4) is 11.6 Å². The summed E-state index contributed by atoms with van der Waals surface area (Å²) in [4.78, 5) is 35.1. The number of ketones is 2. The normalized spacial score (nSPS) is 24.4. The fraction of sp³-hybridized carbons (Fsp3) is 0.558. The molecule has 0 radical (unpaired) electrons. The number of aliphatic hydroxyl groups is 1. The Hall–Kier alpha value is -3.77. The van der Waals surface area contributed by atoms with Crippen LogP contribution in [0.4, 0.5) is 0 Å². The lowest BCUT2D eigenvalue weighted by Crippen LogP contribution is -2.65. The number of carbonyl (C=O) groups is 2. The average Bonchev–Trinajstić information content (AvgIpc) is 3.79. The van der Waals surface area contributed by atoms with Crippen LogP contribution in [0, 0.1) is 18.8 Å². The van der Waals surface area contributed by atoms with E-state index in [1.165, 1.54) is 12.8 Å². The first-order valence-corrected chi connectivity index (χ1v) is 22.5. The second-order valence-electron chi connectivity index (χ2n) is 17.5. The van der Waals surface area contributed by atoms with Crippen molar-refractivity contribution in [3.63, 3.8) is 0 Å². The first kappa shape index (κ1) is 38.5. The molecular formula is C43H57N3O7Si. The number of hydrogen-bond donors (Lipinski definition) is 1. The maximum atomic E-state index is 15.5. The Bertz CT molecular complexity index is 1960. The molecule has 1 aromatic heterocycles. The van der Waals surface area contributed by atoms with Gasteiger partial charge in [0.1, 0.15) is 23.7 Å². The molecule has 3 aromatic rings. The van der Waals surface area contributed by atoms with E-state index in [4.69, 9.17) is 18.4 Å². The van der Waals surface area contributed by atoms with Crippen molar-refractivity contribution in [3.05, 3.63) is 86.9 Å². The minimum absolute atomic E-state index is 0.0572. The predicted octanol–water partition coefficient (Wildman–Crippen LogP) is 8.05. The fourth-order valence-corrected chi connectivity index (χ4v) is 10.6. The standard InChI is InChI=1S/C43H57N3O7Si/c1-26-28(18-15-21-46-19-13-14-20-46)24-32(50-7)30-22-29-23-31-36(45(5)6)38-35(41(44-52-38)51-25-27-16-11-10-12-17-27)40(49)43(31,53-54(8,9)42(2,3)4)39(48)34(29)37(47)33(26)30/h10-12,16-17,24,29,31,36,48H,13-15,18-23,25H2,1-9H3/t29-,31-,36-,43-/m0/s1. The quantitative estimate of drug-likeness (QED) is 0.193. The number of hydrogen-bond acceptors (Lipinski definition) is 10. The van der Waals surface area contributed by atoms with Crippen LogP contribution in [-0.4, -0.2) is 86.4 Å². The summed E-state index contributed by atoms with van der Waals surface area (Å²) < 4.78 is 25.5. The van der Waals surface area contributed by atoms with E-state index in [1.54, 1.807) is 7.11 Å². The van der Waals surface area contributed by atoms with Crippen LogP contribution in [0.5, 0.6) is 11.6 Å². The fourth-order valence-electron chi connectivity index (χ4n) is 9.17. The molecule has 0 amide bonds. The minimum Gasteiger partial charge on any atom is -0.508 e. The molecule has 4 aliphatic rings. The Morgan fingerprint density at radius 3 is 2.44 bits per heavy atom. The van der Waals surface area contributed by atoms with Crippen LogP contribution in [0.15, 0.2) is 52.3 Å². The lowest BCUT2D eigenvalue weighted by atomic mass is 9.58. The molecule has 2 aromatic carbocycles. The second-order valence-corrected chi connectivity index (χ2v) is 22.3. The smallest absolute Gasteiger partial charge is 0.265 e. The van der Waals surface area contributed by atoms with E-state index in [2.05, 4.69) is 50.0 Å². The molecule has 1 aliphatic heterocycles. The highest BCUT2D eigenvalue weighted by molar-refractivity contribution is 6.74. The van der Waals surface area contributed by atoms with Gasteiger partial charge in [-0.2, -0.15) is 0 Å². The molecule has 0 bridgehead atoms. The van der Waals surface area contributed by atoms with E-state index >= 15 is 9.59 Å². The number of ether oxygens (including phenoxy) is 2. The summed E-state index contributed by atoms with van der Waals surface area (Å²) in [6.45, 7) is 16.0. The van der Waals surface area contributed by atoms with Gasteiger partial charge in [-0.1, -0.05) is 51.1 Å². The highest BCUT2D eigenvalue weighted by Crippen LogP contribution is 2.60. The van der Waals surface area contributed by atoms with Crippen LogP contribution in [0.3, 0.4) is 0 Å². The van der Waals surface area contributed by atoms with Gasteiger partial charge in [0.2, 0.25) is 5.78 Å². The van der Waals surface area contributed by atoms with Crippen LogP contribution < -0.4 is 9.47 Å². The molecule has 1 fully saturated rings. The predicted molar refractivity (Wildman–Crippen MR) is 210 cm³/mol. The zero-order valence-corrected chi connectivity index (χ0v) is 34.5. The third-order valence-corrected chi connectivity index (χ3v) is 17.4. The topological polar surface area (TPSA) is 115 Å². The minimum atomic E-state index is -2.82. The van der Waals surface area contributed by atoms with Gasteiger partial charge >= 0.3 is 0 Å². The summed E-state index contributed by atoms with van der Waals surface area (Å²) >= 11 is 0. The van der Waals surface area contributed by atoms with Gasteiger partial charge in [-0.05, 0) is 131 Å². The Balaban J connectivity index is 1.37. The Morgan fingerprint density at radius 2 is 1.80 bits per heavy atom. The number of fused-ring (bicyclic) bond motifs is 4. The number of benzene rings is 2. The van der Waals surface area contributed by atoms with Crippen molar-refractivity contribution < 1.29 is 33.1 Å². The molecule has 3 aliphatic carbocycles. The largest absolute Gasteiger partial charge is 0.508 e. The molecular weight excluding hydrogens is 699 g/mol. The number of aliphatic hydroxyl groups excluding tert-OH is 1. The monoisotopic (exact) mass is 755 g/mol. The van der Waals surface area contributed by atoms with Crippen molar-refractivity contribution in [1.29, 1.82) is 0 Å². The highest BCUT2D eigenvalue weighted by atomic mass is 28.4. The molecule has 290 valence electrons. The van der Waals surface area contributed by atoms with E-state index in [0.717, 1.165) is 54.7 Å². The van der Waals surface area contributed by atoms with Gasteiger partial charge in [-0.3, -0.25) is 14.5 Å². The van der Waals surface area contributed by atoms with Crippen LogP contribution in [0.25, 0.3) is 0 Å². The Labute approximate surface area is 320 Å². The molecule has 0 unspecified atom stereocenters. The van der Waals surface area contributed by atoms with E-state index < -0.39 is 31.7 Å².